The van der Waals surface area contributed by atoms with Gasteiger partial charge in [-0.1, -0.05) is 47.5 Å². The highest BCUT2D eigenvalue weighted by Gasteiger charge is 2.26. The molecule has 0 bridgehead atoms. The van der Waals surface area contributed by atoms with Crippen molar-refractivity contribution in [3.05, 3.63) is 70.0 Å². The maximum Gasteiger partial charge on any atom is 0.242 e. The molecule has 0 aromatic heterocycles. The minimum atomic E-state index is -0.627. The molecular weight excluding hydrogens is 423 g/mol. The van der Waals surface area contributed by atoms with Crippen LogP contribution in [0.1, 0.15) is 37.5 Å². The summed E-state index contributed by atoms with van der Waals surface area (Å²) < 4.78 is 14.0. The van der Waals surface area contributed by atoms with E-state index >= 15 is 0 Å². The van der Waals surface area contributed by atoms with Crippen LogP contribution in [0.5, 0.6) is 0 Å². The number of amides is 2. The number of hydrogen-bond donors (Lipinski definition) is 1. The zero-order valence-corrected chi connectivity index (χ0v) is 19.3. The van der Waals surface area contributed by atoms with Gasteiger partial charge in [-0.05, 0) is 45.4 Å². The van der Waals surface area contributed by atoms with Crippen LogP contribution in [-0.4, -0.2) is 34.6 Å². The molecule has 2 amide bonds. The van der Waals surface area contributed by atoms with E-state index in [2.05, 4.69) is 5.32 Å². The number of carbonyl (C=O) groups is 2. The second-order valence-corrected chi connectivity index (χ2v) is 8.94. The van der Waals surface area contributed by atoms with Crippen LogP contribution in [0.15, 0.2) is 42.5 Å². The summed E-state index contributed by atoms with van der Waals surface area (Å²) in [5.41, 5.74) is 2.42. The Kier molecular flexibility index (Phi) is 9.18. The second-order valence-electron chi connectivity index (χ2n) is 7.54. The Labute approximate surface area is 187 Å². The highest BCUT2D eigenvalue weighted by Crippen LogP contribution is 2.24. The molecule has 0 unspecified atom stereocenters. The first-order valence-corrected chi connectivity index (χ1v) is 11.4. The highest BCUT2D eigenvalue weighted by molar-refractivity contribution is 7.99. The summed E-state index contributed by atoms with van der Waals surface area (Å²) in [7, 11) is 0. The molecule has 0 radical (unpaired) electrons. The van der Waals surface area contributed by atoms with Gasteiger partial charge in [0.05, 0.1) is 5.75 Å². The summed E-state index contributed by atoms with van der Waals surface area (Å²) in [6, 6.07) is 11.7. The molecule has 1 atom stereocenters. The van der Waals surface area contributed by atoms with Gasteiger partial charge in [0.1, 0.15) is 11.9 Å². The molecule has 162 valence electrons. The number of nitrogens with zero attached hydrogens (tertiary/aromatic N) is 1. The van der Waals surface area contributed by atoms with Gasteiger partial charge in [-0.3, -0.25) is 9.59 Å². The van der Waals surface area contributed by atoms with Gasteiger partial charge >= 0.3 is 0 Å². The lowest BCUT2D eigenvalue weighted by Crippen LogP contribution is -2.49. The Bertz CT molecular complexity index is 871. The molecular formula is C23H28ClFN2O2S. The van der Waals surface area contributed by atoms with Crippen LogP contribution < -0.4 is 5.32 Å². The van der Waals surface area contributed by atoms with Gasteiger partial charge in [0.2, 0.25) is 11.8 Å². The minimum Gasteiger partial charge on any atom is -0.352 e. The van der Waals surface area contributed by atoms with Crippen LogP contribution in [0, 0.1) is 12.7 Å². The molecule has 0 aliphatic rings. The average molecular weight is 451 g/mol. The molecule has 2 aromatic carbocycles. The third-order valence-corrected chi connectivity index (χ3v) is 5.87. The van der Waals surface area contributed by atoms with E-state index in [1.165, 1.54) is 17.8 Å². The maximum absolute atomic E-state index is 14.0. The van der Waals surface area contributed by atoms with E-state index in [1.807, 2.05) is 45.0 Å². The van der Waals surface area contributed by atoms with Gasteiger partial charge in [-0.15, -0.1) is 11.8 Å². The molecule has 1 N–H and O–H groups in total. The van der Waals surface area contributed by atoms with Gasteiger partial charge in [0, 0.05) is 28.9 Å². The van der Waals surface area contributed by atoms with Crippen molar-refractivity contribution in [3.63, 3.8) is 0 Å². The van der Waals surface area contributed by atoms with Crippen LogP contribution >= 0.6 is 23.4 Å². The summed E-state index contributed by atoms with van der Waals surface area (Å²) in [5.74, 6) is -0.366. The van der Waals surface area contributed by atoms with E-state index in [9.17, 15) is 14.0 Å². The Balaban J connectivity index is 2.11. The van der Waals surface area contributed by atoms with Gasteiger partial charge < -0.3 is 10.2 Å². The Morgan fingerprint density at radius 2 is 1.87 bits per heavy atom. The van der Waals surface area contributed by atoms with Crippen molar-refractivity contribution in [1.82, 2.24) is 10.2 Å². The first-order chi connectivity index (χ1) is 14.2. The van der Waals surface area contributed by atoms with Crippen LogP contribution in [0.4, 0.5) is 4.39 Å². The lowest BCUT2D eigenvalue weighted by Gasteiger charge is -2.29. The number of thioether (sulfide) groups is 1. The highest BCUT2D eigenvalue weighted by atomic mass is 35.5. The predicted molar refractivity (Wildman–Crippen MR) is 122 cm³/mol. The van der Waals surface area contributed by atoms with E-state index in [1.54, 1.807) is 24.0 Å². The summed E-state index contributed by atoms with van der Waals surface area (Å²) >= 11 is 7.35. The number of halogens is 2. The normalized spacial score (nSPS) is 12.0. The molecule has 30 heavy (non-hydrogen) atoms. The topological polar surface area (TPSA) is 49.4 Å². The standard InChI is InChI=1S/C23H28ClFN2O2S/c1-15(2)26-23(29)17(4)27(12-18-8-5-7-16(3)11-18)22(28)14-30-13-19-20(24)9-6-10-21(19)25/h5-11,15,17H,12-14H2,1-4H3,(H,26,29)/t17-/m0/s1. The van der Waals surface area contributed by atoms with Gasteiger partial charge in [0.25, 0.3) is 0 Å². The van der Waals surface area contributed by atoms with Crippen molar-refractivity contribution in [2.24, 2.45) is 0 Å². The van der Waals surface area contributed by atoms with Crippen molar-refractivity contribution in [2.45, 2.75) is 52.1 Å². The fourth-order valence-corrected chi connectivity index (χ4v) is 4.24. The molecule has 7 heteroatoms. The molecule has 0 saturated heterocycles. The van der Waals surface area contributed by atoms with Crippen molar-refractivity contribution >= 4 is 35.2 Å². The van der Waals surface area contributed by atoms with E-state index in [4.69, 9.17) is 11.6 Å². The molecule has 0 heterocycles. The average Bonchev–Trinajstić information content (AvgIpc) is 2.67. The van der Waals surface area contributed by atoms with Crippen LogP contribution in [0.3, 0.4) is 0 Å². The SMILES string of the molecule is Cc1cccc(CN(C(=O)CSCc2c(F)cccc2Cl)[C@@H](C)C(=O)NC(C)C)c1. The molecule has 0 fully saturated rings. The van der Waals surface area contributed by atoms with Crippen molar-refractivity contribution in [2.75, 3.05) is 5.75 Å². The molecule has 2 aromatic rings. The molecule has 4 nitrogen and oxygen atoms in total. The van der Waals surface area contributed by atoms with Crippen LogP contribution in [-0.2, 0) is 21.9 Å². The predicted octanol–water partition coefficient (Wildman–Crippen LogP) is 4.96. The molecule has 0 aliphatic heterocycles. The third kappa shape index (κ3) is 7.03. The van der Waals surface area contributed by atoms with Gasteiger partial charge in [0.15, 0.2) is 0 Å². The molecule has 0 spiro atoms. The number of nitrogens with one attached hydrogen (secondary N) is 1. The number of carbonyl (C=O) groups excluding carboxylic acids is 2. The summed E-state index contributed by atoms with van der Waals surface area (Å²) in [5, 5.41) is 3.21. The summed E-state index contributed by atoms with van der Waals surface area (Å²) in [6.45, 7) is 7.80. The second kappa shape index (κ2) is 11.4. The molecule has 0 saturated carbocycles. The van der Waals surface area contributed by atoms with Crippen LogP contribution in [0.25, 0.3) is 0 Å². The first kappa shape index (κ1) is 24.2. The smallest absolute Gasteiger partial charge is 0.242 e. The monoisotopic (exact) mass is 450 g/mol. The van der Waals surface area contributed by atoms with E-state index < -0.39 is 6.04 Å². The van der Waals surface area contributed by atoms with E-state index in [0.717, 1.165) is 11.1 Å². The Hall–Kier alpha value is -2.05. The zero-order chi connectivity index (χ0) is 22.3. The van der Waals surface area contributed by atoms with E-state index in [-0.39, 0.29) is 35.2 Å². The fourth-order valence-electron chi connectivity index (χ4n) is 2.99. The molecule has 2 rings (SSSR count). The van der Waals surface area contributed by atoms with Crippen molar-refractivity contribution in [3.8, 4) is 0 Å². The largest absolute Gasteiger partial charge is 0.352 e. The van der Waals surface area contributed by atoms with Crippen LogP contribution in [0.2, 0.25) is 5.02 Å². The maximum atomic E-state index is 14.0. The minimum absolute atomic E-state index is 0.0200. The molecule has 0 aliphatic carbocycles. The van der Waals surface area contributed by atoms with E-state index in [0.29, 0.717) is 17.1 Å². The Morgan fingerprint density at radius 1 is 1.17 bits per heavy atom. The lowest BCUT2D eigenvalue weighted by atomic mass is 10.1. The van der Waals surface area contributed by atoms with Gasteiger partial charge in [-0.2, -0.15) is 0 Å². The van der Waals surface area contributed by atoms with Crippen molar-refractivity contribution in [1.29, 1.82) is 0 Å². The zero-order valence-electron chi connectivity index (χ0n) is 17.7. The number of aryl methyl sites for hydroxylation is 1. The fraction of sp³-hybridized carbons (Fsp3) is 0.391. The summed E-state index contributed by atoms with van der Waals surface area (Å²) in [6.07, 6.45) is 0. The lowest BCUT2D eigenvalue weighted by molar-refractivity contribution is -0.138. The summed E-state index contributed by atoms with van der Waals surface area (Å²) in [4.78, 5) is 27.2. The third-order valence-electron chi connectivity index (χ3n) is 4.57. The number of rotatable bonds is 9. The number of benzene rings is 2. The first-order valence-electron chi connectivity index (χ1n) is 9.85. The van der Waals surface area contributed by atoms with Crippen molar-refractivity contribution < 1.29 is 14.0 Å². The Morgan fingerprint density at radius 3 is 2.50 bits per heavy atom. The van der Waals surface area contributed by atoms with Gasteiger partial charge in [-0.25, -0.2) is 4.39 Å². The number of hydrogen-bond acceptors (Lipinski definition) is 3. The quantitative estimate of drug-likeness (QED) is 0.587.